The van der Waals surface area contributed by atoms with Crippen molar-refractivity contribution in [2.24, 2.45) is 0 Å². The van der Waals surface area contributed by atoms with E-state index in [0.717, 1.165) is 6.42 Å². The lowest BCUT2D eigenvalue weighted by molar-refractivity contribution is 0.0347. The zero-order valence-corrected chi connectivity index (χ0v) is 11.6. The summed E-state index contributed by atoms with van der Waals surface area (Å²) in [7, 11) is 0. The molecule has 1 aromatic rings. The molecule has 2 N–H and O–H groups in total. The highest BCUT2D eigenvalue weighted by Gasteiger charge is 2.12. The highest BCUT2D eigenvalue weighted by Crippen LogP contribution is 2.19. The number of hydrogen-bond acceptors (Lipinski definition) is 4. The average Bonchev–Trinajstić information content (AvgIpc) is 2.44. The lowest BCUT2D eigenvalue weighted by Crippen LogP contribution is -2.21. The van der Waals surface area contributed by atoms with Gasteiger partial charge in [-0.05, 0) is 12.8 Å². The number of aromatic nitrogens is 2. The van der Waals surface area contributed by atoms with Crippen molar-refractivity contribution in [3.8, 4) is 0 Å². The van der Waals surface area contributed by atoms with Crippen LogP contribution in [-0.4, -0.2) is 29.2 Å². The molecule has 1 aliphatic carbocycles. The Bertz CT molecular complexity index is 439. The van der Waals surface area contributed by atoms with Crippen molar-refractivity contribution in [1.29, 1.82) is 0 Å². The molecule has 0 radical (unpaired) electrons. The van der Waals surface area contributed by atoms with Crippen LogP contribution in [0.1, 0.15) is 44.9 Å². The molecule has 0 aliphatic heterocycles. The minimum atomic E-state index is -0.109. The number of nitrogens with one attached hydrogen (secondary N) is 2. The van der Waals surface area contributed by atoms with Crippen molar-refractivity contribution in [1.82, 2.24) is 9.97 Å². The smallest absolute Gasteiger partial charge is 0.252 e. The first-order valence-electron chi connectivity index (χ1n) is 7.23. The van der Waals surface area contributed by atoms with Crippen molar-refractivity contribution >= 4 is 5.82 Å². The van der Waals surface area contributed by atoms with Crippen LogP contribution in [0, 0.1) is 0 Å². The number of rotatable bonds is 6. The molecule has 0 bridgehead atoms. The van der Waals surface area contributed by atoms with Gasteiger partial charge in [0.1, 0.15) is 11.6 Å². The van der Waals surface area contributed by atoms with E-state index in [1.165, 1.54) is 38.2 Å². The summed E-state index contributed by atoms with van der Waals surface area (Å²) in [5, 5.41) is 3.14. The molecule has 1 heterocycles. The van der Waals surface area contributed by atoms with Gasteiger partial charge < -0.3 is 15.0 Å². The van der Waals surface area contributed by atoms with E-state index in [1.54, 1.807) is 0 Å². The SMILES string of the molecule is CCc1nc(NCCOC2CCCCC2)cc(=O)[nH]1. The highest BCUT2D eigenvalue weighted by molar-refractivity contribution is 5.32. The Kier molecular flexibility index (Phi) is 5.39. The Morgan fingerprint density at radius 2 is 2.21 bits per heavy atom. The van der Waals surface area contributed by atoms with Crippen molar-refractivity contribution in [3.05, 3.63) is 22.2 Å². The van der Waals surface area contributed by atoms with Gasteiger partial charge >= 0.3 is 0 Å². The Labute approximate surface area is 113 Å². The Morgan fingerprint density at radius 1 is 1.42 bits per heavy atom. The zero-order valence-electron chi connectivity index (χ0n) is 11.6. The van der Waals surface area contributed by atoms with Crippen LogP contribution in [0.5, 0.6) is 0 Å². The van der Waals surface area contributed by atoms with Crippen LogP contribution >= 0.6 is 0 Å². The topological polar surface area (TPSA) is 67.0 Å². The summed E-state index contributed by atoms with van der Waals surface area (Å²) in [5.74, 6) is 1.34. The summed E-state index contributed by atoms with van der Waals surface area (Å²) in [6, 6.07) is 1.49. The van der Waals surface area contributed by atoms with Crippen LogP contribution in [0.4, 0.5) is 5.82 Å². The van der Waals surface area contributed by atoms with Crippen molar-refractivity contribution in [2.45, 2.75) is 51.6 Å². The van der Waals surface area contributed by atoms with Crippen LogP contribution < -0.4 is 10.9 Å². The Balaban J connectivity index is 1.73. The molecule has 1 fully saturated rings. The maximum atomic E-state index is 11.4. The van der Waals surface area contributed by atoms with E-state index in [1.807, 2.05) is 6.92 Å². The molecule has 0 unspecified atom stereocenters. The van der Waals surface area contributed by atoms with E-state index >= 15 is 0 Å². The predicted octanol–water partition coefficient (Wildman–Crippen LogP) is 2.09. The van der Waals surface area contributed by atoms with E-state index in [9.17, 15) is 4.79 Å². The van der Waals surface area contributed by atoms with Gasteiger partial charge in [0.15, 0.2) is 0 Å². The molecular formula is C14H23N3O2. The number of nitrogens with zero attached hydrogens (tertiary/aromatic N) is 1. The minimum absolute atomic E-state index is 0.109. The maximum absolute atomic E-state index is 11.4. The molecule has 1 aliphatic rings. The molecule has 1 aromatic heterocycles. The lowest BCUT2D eigenvalue weighted by atomic mass is 9.98. The molecule has 0 saturated heterocycles. The summed E-state index contributed by atoms with van der Waals surface area (Å²) in [4.78, 5) is 18.4. The number of H-pyrrole nitrogens is 1. The van der Waals surface area contributed by atoms with Crippen LogP contribution in [0.3, 0.4) is 0 Å². The fourth-order valence-electron chi connectivity index (χ4n) is 2.40. The van der Waals surface area contributed by atoms with E-state index in [-0.39, 0.29) is 5.56 Å². The second-order valence-electron chi connectivity index (χ2n) is 4.99. The molecular weight excluding hydrogens is 242 g/mol. The van der Waals surface area contributed by atoms with Crippen molar-refractivity contribution in [3.63, 3.8) is 0 Å². The largest absolute Gasteiger partial charge is 0.376 e. The van der Waals surface area contributed by atoms with Gasteiger partial charge in [0.05, 0.1) is 12.7 Å². The first-order valence-corrected chi connectivity index (χ1v) is 7.23. The Hall–Kier alpha value is -1.36. The first-order chi connectivity index (χ1) is 9.28. The van der Waals surface area contributed by atoms with Crippen molar-refractivity contribution in [2.75, 3.05) is 18.5 Å². The van der Waals surface area contributed by atoms with E-state index in [0.29, 0.717) is 30.9 Å². The molecule has 2 rings (SSSR count). The Morgan fingerprint density at radius 3 is 2.95 bits per heavy atom. The van der Waals surface area contributed by atoms with Gasteiger partial charge in [-0.15, -0.1) is 0 Å². The molecule has 106 valence electrons. The van der Waals surface area contributed by atoms with Gasteiger partial charge in [-0.3, -0.25) is 4.79 Å². The second kappa shape index (κ2) is 7.28. The maximum Gasteiger partial charge on any atom is 0.252 e. The molecule has 0 atom stereocenters. The third kappa shape index (κ3) is 4.67. The van der Waals surface area contributed by atoms with Gasteiger partial charge in [0.2, 0.25) is 0 Å². The fraction of sp³-hybridized carbons (Fsp3) is 0.714. The van der Waals surface area contributed by atoms with Crippen LogP contribution in [0.15, 0.2) is 10.9 Å². The zero-order chi connectivity index (χ0) is 13.5. The third-order valence-corrected chi connectivity index (χ3v) is 3.44. The van der Waals surface area contributed by atoms with Gasteiger partial charge in [-0.2, -0.15) is 0 Å². The van der Waals surface area contributed by atoms with Gasteiger partial charge in [-0.1, -0.05) is 26.2 Å². The molecule has 1 saturated carbocycles. The van der Waals surface area contributed by atoms with Crippen LogP contribution in [-0.2, 0) is 11.2 Å². The number of ether oxygens (including phenoxy) is 1. The molecule has 19 heavy (non-hydrogen) atoms. The van der Waals surface area contributed by atoms with Crippen LogP contribution in [0.25, 0.3) is 0 Å². The molecule has 0 amide bonds. The number of hydrogen-bond donors (Lipinski definition) is 2. The van der Waals surface area contributed by atoms with E-state index in [2.05, 4.69) is 15.3 Å². The summed E-state index contributed by atoms with van der Waals surface area (Å²) >= 11 is 0. The third-order valence-electron chi connectivity index (χ3n) is 3.44. The minimum Gasteiger partial charge on any atom is -0.376 e. The molecule has 5 nitrogen and oxygen atoms in total. The normalized spacial score (nSPS) is 16.5. The van der Waals surface area contributed by atoms with Gasteiger partial charge in [0.25, 0.3) is 5.56 Å². The number of aromatic amines is 1. The van der Waals surface area contributed by atoms with E-state index in [4.69, 9.17) is 4.74 Å². The monoisotopic (exact) mass is 265 g/mol. The summed E-state index contributed by atoms with van der Waals surface area (Å²) in [5.41, 5.74) is -0.109. The predicted molar refractivity (Wildman–Crippen MR) is 75.6 cm³/mol. The molecule has 0 aromatic carbocycles. The van der Waals surface area contributed by atoms with Gasteiger partial charge in [-0.25, -0.2) is 4.98 Å². The van der Waals surface area contributed by atoms with Crippen molar-refractivity contribution < 1.29 is 4.74 Å². The quantitative estimate of drug-likeness (QED) is 0.773. The number of anilines is 1. The van der Waals surface area contributed by atoms with Crippen LogP contribution in [0.2, 0.25) is 0 Å². The van der Waals surface area contributed by atoms with E-state index < -0.39 is 0 Å². The standard InChI is InChI=1S/C14H23N3O2/c1-2-12-16-13(10-14(18)17-12)15-8-9-19-11-6-4-3-5-7-11/h10-11H,2-9H2,1H3,(H2,15,16,17,18). The molecule has 0 spiro atoms. The summed E-state index contributed by atoms with van der Waals surface area (Å²) < 4.78 is 5.82. The fourth-order valence-corrected chi connectivity index (χ4v) is 2.40. The number of aryl methyl sites for hydroxylation is 1. The highest BCUT2D eigenvalue weighted by atomic mass is 16.5. The molecule has 5 heteroatoms. The summed E-state index contributed by atoms with van der Waals surface area (Å²) in [6.07, 6.45) is 7.43. The van der Waals surface area contributed by atoms with Gasteiger partial charge in [0, 0.05) is 19.0 Å². The second-order valence-corrected chi connectivity index (χ2v) is 4.99. The lowest BCUT2D eigenvalue weighted by Gasteiger charge is -2.22. The first kappa shape index (κ1) is 14.1. The average molecular weight is 265 g/mol. The summed E-state index contributed by atoms with van der Waals surface area (Å²) in [6.45, 7) is 3.32.